The molecule has 0 fully saturated rings. The largest absolute Gasteiger partial charge is 0.374 e. The van der Waals surface area contributed by atoms with E-state index in [1.807, 2.05) is 6.92 Å². The lowest BCUT2D eigenvalue weighted by Crippen LogP contribution is -2.13. The summed E-state index contributed by atoms with van der Waals surface area (Å²) < 4.78 is 5.36. The zero-order chi connectivity index (χ0) is 7.98. The van der Waals surface area contributed by atoms with E-state index in [2.05, 4.69) is 13.5 Å². The van der Waals surface area contributed by atoms with E-state index < -0.39 is 0 Å². The molecule has 0 amide bonds. The van der Waals surface area contributed by atoms with Crippen LogP contribution in [0.5, 0.6) is 0 Å². The van der Waals surface area contributed by atoms with Crippen molar-refractivity contribution in [3.8, 4) is 0 Å². The molecule has 2 nitrogen and oxygen atoms in total. The van der Waals surface area contributed by atoms with Gasteiger partial charge in [0.05, 0.1) is 12.7 Å². The highest BCUT2D eigenvalue weighted by atomic mass is 16.5. The van der Waals surface area contributed by atoms with E-state index in [9.17, 15) is 0 Å². The Balaban J connectivity index is 3.26. The highest BCUT2D eigenvalue weighted by Gasteiger charge is 1.97. The highest BCUT2D eigenvalue weighted by molar-refractivity contribution is 4.95. The lowest BCUT2D eigenvalue weighted by Gasteiger charge is -2.10. The van der Waals surface area contributed by atoms with Crippen molar-refractivity contribution in [1.29, 1.82) is 0 Å². The zero-order valence-corrected chi connectivity index (χ0v) is 6.89. The van der Waals surface area contributed by atoms with Gasteiger partial charge in [-0.15, -0.1) is 0 Å². The van der Waals surface area contributed by atoms with Gasteiger partial charge in [0, 0.05) is 6.54 Å². The molecule has 1 unspecified atom stereocenters. The van der Waals surface area contributed by atoms with Crippen LogP contribution in [-0.4, -0.2) is 19.3 Å². The smallest absolute Gasteiger partial charge is 0.0690 e. The fourth-order valence-corrected chi connectivity index (χ4v) is 0.437. The maximum absolute atomic E-state index is 5.36. The minimum Gasteiger partial charge on any atom is -0.374 e. The van der Waals surface area contributed by atoms with Crippen LogP contribution in [-0.2, 0) is 4.74 Å². The lowest BCUT2D eigenvalue weighted by atomic mass is 10.3. The van der Waals surface area contributed by atoms with Gasteiger partial charge in [-0.25, -0.2) is 0 Å². The summed E-state index contributed by atoms with van der Waals surface area (Å²) in [5, 5.41) is 0. The Bertz CT molecular complexity index is 101. The van der Waals surface area contributed by atoms with Crippen molar-refractivity contribution in [1.82, 2.24) is 0 Å². The van der Waals surface area contributed by atoms with Crippen molar-refractivity contribution in [2.24, 2.45) is 5.73 Å². The summed E-state index contributed by atoms with van der Waals surface area (Å²) in [6.45, 7) is 8.99. The minimum atomic E-state index is 0.322. The molecule has 0 saturated carbocycles. The topological polar surface area (TPSA) is 35.2 Å². The second kappa shape index (κ2) is 5.45. The van der Waals surface area contributed by atoms with Crippen molar-refractivity contribution in [3.05, 3.63) is 12.2 Å². The molecule has 10 heavy (non-hydrogen) atoms. The molecular formula is C8H17NO. The van der Waals surface area contributed by atoms with Gasteiger partial charge in [-0.05, 0) is 18.9 Å². The van der Waals surface area contributed by atoms with Crippen molar-refractivity contribution in [2.45, 2.75) is 26.4 Å². The summed E-state index contributed by atoms with van der Waals surface area (Å²) >= 11 is 0. The van der Waals surface area contributed by atoms with Gasteiger partial charge in [0.2, 0.25) is 0 Å². The Morgan fingerprint density at radius 3 is 2.70 bits per heavy atom. The van der Waals surface area contributed by atoms with Gasteiger partial charge in [0.25, 0.3) is 0 Å². The van der Waals surface area contributed by atoms with Gasteiger partial charge in [0.15, 0.2) is 0 Å². The maximum atomic E-state index is 5.36. The molecule has 0 bridgehead atoms. The average molecular weight is 143 g/mol. The molecular weight excluding hydrogens is 126 g/mol. The quantitative estimate of drug-likeness (QED) is 0.589. The number of hydrogen-bond acceptors (Lipinski definition) is 2. The highest BCUT2D eigenvalue weighted by Crippen LogP contribution is 1.98. The molecule has 0 aromatic rings. The summed E-state index contributed by atoms with van der Waals surface area (Å²) in [5.41, 5.74) is 6.28. The molecule has 0 aliphatic heterocycles. The third-order valence-corrected chi connectivity index (χ3v) is 1.44. The van der Waals surface area contributed by atoms with Crippen LogP contribution in [0, 0.1) is 0 Å². The summed E-state index contributed by atoms with van der Waals surface area (Å²) in [5.74, 6) is 0. The molecule has 0 rings (SSSR count). The van der Waals surface area contributed by atoms with Gasteiger partial charge in [-0.3, -0.25) is 0 Å². The lowest BCUT2D eigenvalue weighted by molar-refractivity contribution is 0.0806. The first kappa shape index (κ1) is 9.66. The Hall–Kier alpha value is -0.340. The fourth-order valence-electron chi connectivity index (χ4n) is 0.437. The first-order valence-corrected chi connectivity index (χ1v) is 3.69. The predicted octanol–water partition coefficient (Wildman–Crippen LogP) is 1.32. The van der Waals surface area contributed by atoms with Crippen molar-refractivity contribution in [3.63, 3.8) is 0 Å². The molecule has 0 spiro atoms. The van der Waals surface area contributed by atoms with Crippen LogP contribution in [0.25, 0.3) is 0 Å². The number of hydrogen-bond donors (Lipinski definition) is 1. The SMILES string of the molecule is C=C(CN)COC(C)CC. The van der Waals surface area contributed by atoms with Gasteiger partial charge in [-0.1, -0.05) is 13.5 Å². The first-order valence-electron chi connectivity index (χ1n) is 3.69. The molecule has 1 atom stereocenters. The van der Waals surface area contributed by atoms with Crippen molar-refractivity contribution < 1.29 is 4.74 Å². The zero-order valence-electron chi connectivity index (χ0n) is 6.89. The summed E-state index contributed by atoms with van der Waals surface area (Å²) in [7, 11) is 0. The monoisotopic (exact) mass is 143 g/mol. The van der Waals surface area contributed by atoms with E-state index in [0.717, 1.165) is 12.0 Å². The van der Waals surface area contributed by atoms with E-state index >= 15 is 0 Å². The molecule has 0 saturated heterocycles. The number of ether oxygens (including phenoxy) is 1. The molecule has 0 aliphatic carbocycles. The van der Waals surface area contributed by atoms with Crippen molar-refractivity contribution in [2.75, 3.05) is 13.2 Å². The van der Waals surface area contributed by atoms with E-state index in [-0.39, 0.29) is 0 Å². The van der Waals surface area contributed by atoms with Crippen LogP contribution < -0.4 is 5.73 Å². The van der Waals surface area contributed by atoms with E-state index in [1.54, 1.807) is 0 Å². The van der Waals surface area contributed by atoms with Crippen LogP contribution in [0.2, 0.25) is 0 Å². The standard InChI is InChI=1S/C8H17NO/c1-4-8(3)10-6-7(2)5-9/h8H,2,4-6,9H2,1,3H3. The predicted molar refractivity (Wildman–Crippen MR) is 43.9 cm³/mol. The van der Waals surface area contributed by atoms with E-state index in [0.29, 0.717) is 19.3 Å². The third kappa shape index (κ3) is 4.53. The van der Waals surface area contributed by atoms with Gasteiger partial charge in [-0.2, -0.15) is 0 Å². The van der Waals surface area contributed by atoms with Crippen LogP contribution in [0.1, 0.15) is 20.3 Å². The Morgan fingerprint density at radius 1 is 1.70 bits per heavy atom. The Labute approximate surface area is 63.1 Å². The molecule has 0 heterocycles. The second-order valence-corrected chi connectivity index (χ2v) is 2.48. The van der Waals surface area contributed by atoms with Crippen LogP contribution in [0.4, 0.5) is 0 Å². The van der Waals surface area contributed by atoms with E-state index in [4.69, 9.17) is 10.5 Å². The Morgan fingerprint density at radius 2 is 2.30 bits per heavy atom. The fraction of sp³-hybridized carbons (Fsp3) is 0.750. The number of nitrogens with two attached hydrogens (primary N) is 1. The summed E-state index contributed by atoms with van der Waals surface area (Å²) in [6.07, 6.45) is 1.36. The van der Waals surface area contributed by atoms with Gasteiger partial charge in [0.1, 0.15) is 0 Å². The van der Waals surface area contributed by atoms with Gasteiger partial charge < -0.3 is 10.5 Å². The molecule has 2 heteroatoms. The third-order valence-electron chi connectivity index (χ3n) is 1.44. The molecule has 0 radical (unpaired) electrons. The Kier molecular flexibility index (Phi) is 5.26. The first-order chi connectivity index (χ1) is 4.70. The van der Waals surface area contributed by atoms with Crippen molar-refractivity contribution >= 4 is 0 Å². The normalized spacial score (nSPS) is 13.1. The summed E-state index contributed by atoms with van der Waals surface area (Å²) in [6, 6.07) is 0. The van der Waals surface area contributed by atoms with E-state index in [1.165, 1.54) is 0 Å². The summed E-state index contributed by atoms with van der Waals surface area (Å²) in [4.78, 5) is 0. The molecule has 2 N–H and O–H groups in total. The maximum Gasteiger partial charge on any atom is 0.0690 e. The van der Waals surface area contributed by atoms with Gasteiger partial charge >= 0.3 is 0 Å². The minimum absolute atomic E-state index is 0.322. The van der Waals surface area contributed by atoms with Crippen LogP contribution in [0.15, 0.2) is 12.2 Å². The van der Waals surface area contributed by atoms with Crippen LogP contribution >= 0.6 is 0 Å². The number of rotatable bonds is 5. The second-order valence-electron chi connectivity index (χ2n) is 2.48. The molecule has 0 aromatic heterocycles. The molecule has 60 valence electrons. The molecule has 0 aliphatic rings. The average Bonchev–Trinajstić information content (AvgIpc) is 1.99. The molecule has 0 aromatic carbocycles. The van der Waals surface area contributed by atoms with Crippen LogP contribution in [0.3, 0.4) is 0 Å².